The molecule has 0 radical (unpaired) electrons. The highest BCUT2D eigenvalue weighted by Crippen LogP contribution is 2.01. The van der Waals surface area contributed by atoms with Crippen LogP contribution in [0.2, 0.25) is 0 Å². The highest BCUT2D eigenvalue weighted by Gasteiger charge is 2.08. The Kier molecular flexibility index (Phi) is 2.81. The third kappa shape index (κ3) is 1.82. The van der Waals surface area contributed by atoms with Gasteiger partial charge in [-0.1, -0.05) is 6.92 Å². The van der Waals surface area contributed by atoms with E-state index in [1.807, 2.05) is 18.5 Å². The van der Waals surface area contributed by atoms with Crippen molar-refractivity contribution in [2.45, 2.75) is 32.7 Å². The standard InChI is InChI=1S/C8H16N4/c1-4-7(9)5-8-11-10-6(2)12(8)3/h7H,4-5,9H2,1-3H3. The van der Waals surface area contributed by atoms with Crippen LogP contribution in [0, 0.1) is 6.92 Å². The molecule has 0 fully saturated rings. The van der Waals surface area contributed by atoms with Gasteiger partial charge in [0.25, 0.3) is 0 Å². The first-order valence-electron chi connectivity index (χ1n) is 4.25. The molecule has 1 aromatic rings. The van der Waals surface area contributed by atoms with Crippen LogP contribution >= 0.6 is 0 Å². The molecule has 1 heterocycles. The molecule has 4 heteroatoms. The van der Waals surface area contributed by atoms with Crippen LogP contribution in [0.3, 0.4) is 0 Å². The van der Waals surface area contributed by atoms with Gasteiger partial charge in [-0.3, -0.25) is 0 Å². The van der Waals surface area contributed by atoms with E-state index < -0.39 is 0 Å². The molecule has 68 valence electrons. The maximum absolute atomic E-state index is 5.80. The van der Waals surface area contributed by atoms with E-state index in [1.165, 1.54) is 0 Å². The van der Waals surface area contributed by atoms with E-state index in [0.717, 1.165) is 24.5 Å². The predicted molar refractivity (Wildman–Crippen MR) is 47.7 cm³/mol. The Hall–Kier alpha value is -0.900. The second-order valence-electron chi connectivity index (χ2n) is 3.09. The van der Waals surface area contributed by atoms with E-state index in [9.17, 15) is 0 Å². The summed E-state index contributed by atoms with van der Waals surface area (Å²) in [6, 6.07) is 0.201. The van der Waals surface area contributed by atoms with Gasteiger partial charge in [0.1, 0.15) is 11.6 Å². The number of aromatic nitrogens is 3. The zero-order valence-corrected chi connectivity index (χ0v) is 7.91. The van der Waals surface area contributed by atoms with Crippen molar-refractivity contribution < 1.29 is 0 Å². The minimum Gasteiger partial charge on any atom is -0.327 e. The molecule has 0 amide bonds. The number of nitrogens with zero attached hydrogens (tertiary/aromatic N) is 3. The highest BCUT2D eigenvalue weighted by molar-refractivity contribution is 4.94. The van der Waals surface area contributed by atoms with E-state index >= 15 is 0 Å². The van der Waals surface area contributed by atoms with Gasteiger partial charge in [0.2, 0.25) is 0 Å². The van der Waals surface area contributed by atoms with Crippen molar-refractivity contribution in [3.63, 3.8) is 0 Å². The second kappa shape index (κ2) is 3.67. The van der Waals surface area contributed by atoms with Crippen LogP contribution in [0.4, 0.5) is 0 Å². The van der Waals surface area contributed by atoms with Gasteiger partial charge in [-0.25, -0.2) is 0 Å². The molecule has 4 nitrogen and oxygen atoms in total. The molecule has 0 saturated heterocycles. The highest BCUT2D eigenvalue weighted by atomic mass is 15.3. The smallest absolute Gasteiger partial charge is 0.134 e. The zero-order chi connectivity index (χ0) is 9.14. The SMILES string of the molecule is CCC(N)Cc1nnc(C)n1C. The summed E-state index contributed by atoms with van der Waals surface area (Å²) in [7, 11) is 1.97. The predicted octanol–water partition coefficient (Wildman–Crippen LogP) is 0.403. The fourth-order valence-electron chi connectivity index (χ4n) is 1.01. The van der Waals surface area contributed by atoms with E-state index in [-0.39, 0.29) is 6.04 Å². The van der Waals surface area contributed by atoms with Crippen LogP contribution in [-0.4, -0.2) is 20.8 Å². The summed E-state index contributed by atoms with van der Waals surface area (Å²) < 4.78 is 1.98. The van der Waals surface area contributed by atoms with Gasteiger partial charge in [0.15, 0.2) is 0 Å². The number of aryl methyl sites for hydroxylation is 1. The minimum atomic E-state index is 0.201. The molecule has 0 aliphatic carbocycles. The number of nitrogens with two attached hydrogens (primary N) is 1. The van der Waals surface area contributed by atoms with Gasteiger partial charge >= 0.3 is 0 Å². The lowest BCUT2D eigenvalue weighted by Crippen LogP contribution is -2.23. The average molecular weight is 168 g/mol. The third-order valence-corrected chi connectivity index (χ3v) is 2.15. The summed E-state index contributed by atoms with van der Waals surface area (Å²) >= 11 is 0. The second-order valence-corrected chi connectivity index (χ2v) is 3.09. The first-order chi connectivity index (χ1) is 5.65. The number of rotatable bonds is 3. The van der Waals surface area contributed by atoms with Crippen LogP contribution in [0.25, 0.3) is 0 Å². The molecule has 0 spiro atoms. The molecule has 0 aliphatic rings. The molecule has 1 atom stereocenters. The molecule has 2 N–H and O–H groups in total. The fourth-order valence-corrected chi connectivity index (χ4v) is 1.01. The van der Waals surface area contributed by atoms with Crippen LogP contribution in [0.15, 0.2) is 0 Å². The van der Waals surface area contributed by atoms with Crippen molar-refractivity contribution in [2.24, 2.45) is 12.8 Å². The fraction of sp³-hybridized carbons (Fsp3) is 0.750. The normalized spacial score (nSPS) is 13.3. The van der Waals surface area contributed by atoms with Crippen LogP contribution < -0.4 is 5.73 Å². The van der Waals surface area contributed by atoms with E-state index in [2.05, 4.69) is 17.1 Å². The molecule has 1 rings (SSSR count). The van der Waals surface area contributed by atoms with Gasteiger partial charge in [-0.15, -0.1) is 10.2 Å². The molecule has 1 aromatic heterocycles. The first kappa shape index (κ1) is 9.19. The first-order valence-corrected chi connectivity index (χ1v) is 4.25. The molecule has 0 aliphatic heterocycles. The minimum absolute atomic E-state index is 0.201. The summed E-state index contributed by atoms with van der Waals surface area (Å²) in [4.78, 5) is 0. The molecule has 0 saturated carbocycles. The zero-order valence-electron chi connectivity index (χ0n) is 7.91. The van der Waals surface area contributed by atoms with Gasteiger partial charge < -0.3 is 10.3 Å². The van der Waals surface area contributed by atoms with Crippen molar-refractivity contribution in [3.05, 3.63) is 11.6 Å². The Morgan fingerprint density at radius 1 is 1.50 bits per heavy atom. The Balaban J connectivity index is 2.69. The lowest BCUT2D eigenvalue weighted by atomic mass is 10.1. The van der Waals surface area contributed by atoms with Crippen molar-refractivity contribution >= 4 is 0 Å². The monoisotopic (exact) mass is 168 g/mol. The Labute approximate surface area is 72.8 Å². The Morgan fingerprint density at radius 2 is 2.17 bits per heavy atom. The van der Waals surface area contributed by atoms with Crippen LogP contribution in [0.5, 0.6) is 0 Å². The van der Waals surface area contributed by atoms with Crippen molar-refractivity contribution in [2.75, 3.05) is 0 Å². The molecular formula is C8H16N4. The maximum atomic E-state index is 5.80. The number of hydrogen-bond acceptors (Lipinski definition) is 3. The summed E-state index contributed by atoms with van der Waals surface area (Å²) in [6.45, 7) is 4.02. The van der Waals surface area contributed by atoms with E-state index in [0.29, 0.717) is 0 Å². The lowest BCUT2D eigenvalue weighted by molar-refractivity contribution is 0.605. The Morgan fingerprint density at radius 3 is 2.58 bits per heavy atom. The molecule has 1 unspecified atom stereocenters. The van der Waals surface area contributed by atoms with Crippen LogP contribution in [-0.2, 0) is 13.5 Å². The van der Waals surface area contributed by atoms with E-state index in [1.54, 1.807) is 0 Å². The summed E-state index contributed by atoms with van der Waals surface area (Å²) in [5.41, 5.74) is 5.80. The van der Waals surface area contributed by atoms with Gasteiger partial charge in [-0.2, -0.15) is 0 Å². The molecule has 12 heavy (non-hydrogen) atoms. The van der Waals surface area contributed by atoms with Crippen LogP contribution in [0.1, 0.15) is 25.0 Å². The van der Waals surface area contributed by atoms with E-state index in [4.69, 9.17) is 5.73 Å². The third-order valence-electron chi connectivity index (χ3n) is 2.15. The van der Waals surface area contributed by atoms with Crippen molar-refractivity contribution in [1.29, 1.82) is 0 Å². The van der Waals surface area contributed by atoms with Gasteiger partial charge in [0.05, 0.1) is 0 Å². The Bertz CT molecular complexity index is 254. The summed E-state index contributed by atoms with van der Waals surface area (Å²) in [5, 5.41) is 8.00. The topological polar surface area (TPSA) is 56.7 Å². The summed E-state index contributed by atoms with van der Waals surface area (Å²) in [5.74, 6) is 1.91. The van der Waals surface area contributed by atoms with Gasteiger partial charge in [-0.05, 0) is 13.3 Å². The largest absolute Gasteiger partial charge is 0.327 e. The quantitative estimate of drug-likeness (QED) is 0.711. The molecule has 0 aromatic carbocycles. The molecule has 0 bridgehead atoms. The molecular weight excluding hydrogens is 152 g/mol. The van der Waals surface area contributed by atoms with Gasteiger partial charge in [0, 0.05) is 19.5 Å². The van der Waals surface area contributed by atoms with Crippen molar-refractivity contribution in [3.8, 4) is 0 Å². The lowest BCUT2D eigenvalue weighted by Gasteiger charge is -2.07. The average Bonchev–Trinajstić information content (AvgIpc) is 2.36. The van der Waals surface area contributed by atoms with Crippen molar-refractivity contribution in [1.82, 2.24) is 14.8 Å². The number of hydrogen-bond donors (Lipinski definition) is 1. The maximum Gasteiger partial charge on any atom is 0.134 e. The summed E-state index contributed by atoms with van der Waals surface area (Å²) in [6.07, 6.45) is 1.79.